The van der Waals surface area contributed by atoms with Crippen molar-refractivity contribution in [3.63, 3.8) is 0 Å². The van der Waals surface area contributed by atoms with Crippen LogP contribution in [0.2, 0.25) is 0 Å². The van der Waals surface area contributed by atoms with Crippen molar-refractivity contribution in [1.82, 2.24) is 9.29 Å². The van der Waals surface area contributed by atoms with Gasteiger partial charge in [-0.3, -0.25) is 0 Å². The maximum absolute atomic E-state index is 14.2. The number of rotatable bonds is 5. The maximum atomic E-state index is 14.2. The van der Waals surface area contributed by atoms with E-state index in [0.29, 0.717) is 12.1 Å². The third kappa shape index (κ3) is 3.65. The van der Waals surface area contributed by atoms with Gasteiger partial charge in [0.15, 0.2) is 0 Å². The van der Waals surface area contributed by atoms with Gasteiger partial charge in [0.05, 0.1) is 5.69 Å². The van der Waals surface area contributed by atoms with Gasteiger partial charge in [-0.1, -0.05) is 24.3 Å². The summed E-state index contributed by atoms with van der Waals surface area (Å²) in [6, 6.07) is 12.6. The first-order valence-electron chi connectivity index (χ1n) is 7.56. The predicted octanol–water partition coefficient (Wildman–Crippen LogP) is 3.81. The molecule has 0 amide bonds. The molecule has 0 fully saturated rings. The molecule has 1 aromatic heterocycles. The first kappa shape index (κ1) is 20.1. The number of benzene rings is 2. The molecule has 3 rings (SSSR count). The Morgan fingerprint density at radius 2 is 1.62 bits per heavy atom. The van der Waals surface area contributed by atoms with Gasteiger partial charge in [-0.05, 0) is 42.9 Å². The Bertz CT molecular complexity index is 1020. The number of nitrogens with zero attached hydrogens (tertiary/aromatic N) is 1. The molecule has 4 nitrogen and oxygen atoms in total. The molecule has 1 heterocycles. The molecule has 3 aromatic rings. The van der Waals surface area contributed by atoms with E-state index in [1.807, 2.05) is 0 Å². The molecule has 0 radical (unpaired) electrons. The highest BCUT2D eigenvalue weighted by Gasteiger charge is 2.25. The minimum absolute atomic E-state index is 0. The van der Waals surface area contributed by atoms with Crippen LogP contribution in [0.4, 0.5) is 8.78 Å². The van der Waals surface area contributed by atoms with Crippen LogP contribution >= 0.6 is 12.4 Å². The molecule has 0 saturated carbocycles. The average molecular weight is 399 g/mol. The fourth-order valence-corrected chi connectivity index (χ4v) is 4.08. The lowest BCUT2D eigenvalue weighted by molar-refractivity contribution is 0.561. The van der Waals surface area contributed by atoms with Crippen LogP contribution in [0.3, 0.4) is 0 Å². The molecule has 0 aliphatic heterocycles. The van der Waals surface area contributed by atoms with E-state index in [4.69, 9.17) is 0 Å². The van der Waals surface area contributed by atoms with E-state index in [2.05, 4.69) is 5.32 Å². The largest absolute Gasteiger partial charge is 0.316 e. The van der Waals surface area contributed by atoms with Crippen LogP contribution in [0.1, 0.15) is 5.56 Å². The predicted molar refractivity (Wildman–Crippen MR) is 98.8 cm³/mol. The van der Waals surface area contributed by atoms with Crippen LogP contribution < -0.4 is 5.32 Å². The van der Waals surface area contributed by atoms with Gasteiger partial charge in [0, 0.05) is 18.3 Å². The lowest BCUT2D eigenvalue weighted by Gasteiger charge is -2.11. The van der Waals surface area contributed by atoms with Crippen molar-refractivity contribution in [2.45, 2.75) is 11.4 Å². The molecule has 2 aromatic carbocycles. The van der Waals surface area contributed by atoms with E-state index in [-0.39, 0.29) is 23.7 Å². The second-order valence-corrected chi connectivity index (χ2v) is 7.26. The number of hydrogen-bond acceptors (Lipinski definition) is 3. The average Bonchev–Trinajstić information content (AvgIpc) is 3.00. The standard InChI is InChI=1S/C18H16F2N2O2S.ClH/c1-21-11-13-10-17(14-6-2-3-7-15(14)19)22(12-13)25(23,24)18-9-5-4-8-16(18)20;/h2-10,12,21H,11H2,1H3;1H. The van der Waals surface area contributed by atoms with Crippen molar-refractivity contribution in [2.75, 3.05) is 7.05 Å². The molecule has 0 bridgehead atoms. The summed E-state index contributed by atoms with van der Waals surface area (Å²) in [6.07, 6.45) is 1.38. The van der Waals surface area contributed by atoms with Crippen molar-refractivity contribution in [3.05, 3.63) is 78.0 Å². The van der Waals surface area contributed by atoms with Crippen LogP contribution in [-0.4, -0.2) is 19.4 Å². The smallest absolute Gasteiger partial charge is 0.271 e. The van der Waals surface area contributed by atoms with Gasteiger partial charge in [0.1, 0.15) is 16.5 Å². The zero-order chi connectivity index (χ0) is 18.0. The van der Waals surface area contributed by atoms with E-state index in [0.717, 1.165) is 10.0 Å². The number of aromatic nitrogens is 1. The number of halogens is 3. The fourth-order valence-electron chi connectivity index (χ4n) is 2.62. The Morgan fingerprint density at radius 3 is 2.23 bits per heavy atom. The summed E-state index contributed by atoms with van der Waals surface area (Å²) in [6.45, 7) is 0.390. The normalized spacial score (nSPS) is 11.2. The highest BCUT2D eigenvalue weighted by Crippen LogP contribution is 2.29. The van der Waals surface area contributed by atoms with Crippen LogP contribution in [0, 0.1) is 11.6 Å². The van der Waals surface area contributed by atoms with Crippen molar-refractivity contribution in [3.8, 4) is 11.3 Å². The maximum Gasteiger partial charge on any atom is 0.271 e. The summed E-state index contributed by atoms with van der Waals surface area (Å²) in [5.41, 5.74) is 0.914. The van der Waals surface area contributed by atoms with Gasteiger partial charge in [0.25, 0.3) is 10.0 Å². The van der Waals surface area contributed by atoms with Crippen molar-refractivity contribution in [1.29, 1.82) is 0 Å². The van der Waals surface area contributed by atoms with Crippen LogP contribution in [0.5, 0.6) is 0 Å². The van der Waals surface area contributed by atoms with E-state index < -0.39 is 26.6 Å². The van der Waals surface area contributed by atoms with Crippen LogP contribution in [0.15, 0.2) is 65.7 Å². The molecular formula is C18H17ClF2N2O2S. The van der Waals surface area contributed by atoms with E-state index >= 15 is 0 Å². The molecule has 26 heavy (non-hydrogen) atoms. The SMILES string of the molecule is CNCc1cc(-c2ccccc2F)n(S(=O)(=O)c2ccccc2F)c1.Cl. The summed E-state index contributed by atoms with van der Waals surface area (Å²) in [5.74, 6) is -1.41. The summed E-state index contributed by atoms with van der Waals surface area (Å²) >= 11 is 0. The van der Waals surface area contributed by atoms with Gasteiger partial charge >= 0.3 is 0 Å². The molecule has 0 atom stereocenters. The van der Waals surface area contributed by atoms with Crippen LogP contribution in [-0.2, 0) is 16.6 Å². The van der Waals surface area contributed by atoms with E-state index in [1.54, 1.807) is 19.2 Å². The number of hydrogen-bond donors (Lipinski definition) is 1. The lowest BCUT2D eigenvalue weighted by Crippen LogP contribution is -2.15. The Balaban J connectivity index is 0.00000243. The first-order chi connectivity index (χ1) is 11.9. The third-order valence-corrected chi connectivity index (χ3v) is 5.45. The molecule has 1 N–H and O–H groups in total. The number of nitrogens with one attached hydrogen (secondary N) is 1. The second-order valence-electron chi connectivity index (χ2n) is 5.48. The van der Waals surface area contributed by atoms with Crippen LogP contribution in [0.25, 0.3) is 11.3 Å². The summed E-state index contributed by atoms with van der Waals surface area (Å²) in [7, 11) is -2.50. The zero-order valence-corrected chi connectivity index (χ0v) is 15.4. The summed E-state index contributed by atoms with van der Waals surface area (Å²) in [5, 5.41) is 2.92. The van der Waals surface area contributed by atoms with Gasteiger partial charge in [-0.25, -0.2) is 21.2 Å². The van der Waals surface area contributed by atoms with Gasteiger partial charge in [-0.15, -0.1) is 12.4 Å². The molecule has 0 aliphatic carbocycles. The van der Waals surface area contributed by atoms with Gasteiger partial charge < -0.3 is 5.32 Å². The molecule has 8 heteroatoms. The Kier molecular flexibility index (Phi) is 6.17. The highest BCUT2D eigenvalue weighted by atomic mass is 35.5. The zero-order valence-electron chi connectivity index (χ0n) is 13.8. The fraction of sp³-hybridized carbons (Fsp3) is 0.111. The van der Waals surface area contributed by atoms with Gasteiger partial charge in [0.2, 0.25) is 0 Å². The first-order valence-corrected chi connectivity index (χ1v) is 9.00. The Hall–Kier alpha value is -2.22. The van der Waals surface area contributed by atoms with Crippen molar-refractivity contribution >= 4 is 22.4 Å². The minimum atomic E-state index is -4.22. The quantitative estimate of drug-likeness (QED) is 0.711. The highest BCUT2D eigenvalue weighted by molar-refractivity contribution is 7.90. The molecule has 0 aliphatic rings. The monoisotopic (exact) mass is 398 g/mol. The second kappa shape index (κ2) is 7.99. The molecule has 0 saturated heterocycles. The van der Waals surface area contributed by atoms with Crippen molar-refractivity contribution < 1.29 is 17.2 Å². The lowest BCUT2D eigenvalue weighted by atomic mass is 10.1. The van der Waals surface area contributed by atoms with E-state index in [9.17, 15) is 17.2 Å². The van der Waals surface area contributed by atoms with Crippen molar-refractivity contribution in [2.24, 2.45) is 0 Å². The Labute approximate surface area is 156 Å². The topological polar surface area (TPSA) is 51.1 Å². The minimum Gasteiger partial charge on any atom is -0.316 e. The summed E-state index contributed by atoms with van der Waals surface area (Å²) < 4.78 is 55.1. The molecule has 0 spiro atoms. The molecule has 0 unspecified atom stereocenters. The van der Waals surface area contributed by atoms with Gasteiger partial charge in [-0.2, -0.15) is 0 Å². The third-order valence-electron chi connectivity index (χ3n) is 3.75. The van der Waals surface area contributed by atoms with E-state index in [1.165, 1.54) is 42.6 Å². The molecule has 138 valence electrons. The Morgan fingerprint density at radius 1 is 1.00 bits per heavy atom. The summed E-state index contributed by atoms with van der Waals surface area (Å²) in [4.78, 5) is -0.459. The molecular weight excluding hydrogens is 382 g/mol.